The highest BCUT2D eigenvalue weighted by molar-refractivity contribution is 6.38. The van der Waals surface area contributed by atoms with E-state index >= 15 is 0 Å². The lowest BCUT2D eigenvalue weighted by Crippen LogP contribution is -2.58. The molecule has 1 fully saturated rings. The monoisotopic (exact) mass is 558 g/mol. The molecule has 1 atom stereocenters. The molecule has 1 heterocycles. The van der Waals surface area contributed by atoms with E-state index in [2.05, 4.69) is 10.6 Å². The number of ether oxygens (including phenoxy) is 2. The van der Waals surface area contributed by atoms with Crippen molar-refractivity contribution < 1.29 is 33.4 Å². The van der Waals surface area contributed by atoms with Crippen molar-refractivity contribution in [2.75, 3.05) is 25.0 Å². The average molecular weight is 559 g/mol. The van der Waals surface area contributed by atoms with Crippen LogP contribution in [0, 0.1) is 6.92 Å². The number of urea groups is 1. The molecule has 3 aromatic carbocycles. The van der Waals surface area contributed by atoms with Gasteiger partial charge in [-0.1, -0.05) is 60.7 Å². The minimum absolute atomic E-state index is 0.00570. The van der Waals surface area contributed by atoms with E-state index in [9.17, 15) is 24.0 Å². The molecule has 41 heavy (non-hydrogen) atoms. The molecule has 0 spiro atoms. The number of nitrogens with one attached hydrogen (secondary N) is 2. The third-order valence-corrected chi connectivity index (χ3v) is 6.48. The van der Waals surface area contributed by atoms with Crippen molar-refractivity contribution in [3.8, 4) is 5.75 Å². The van der Waals surface area contributed by atoms with E-state index in [1.165, 1.54) is 29.2 Å². The molecule has 4 rings (SSSR count). The minimum atomic E-state index is -1.24. The van der Waals surface area contributed by atoms with Gasteiger partial charge < -0.3 is 25.0 Å². The van der Waals surface area contributed by atoms with E-state index in [1.807, 2.05) is 49.4 Å². The Labute approximate surface area is 237 Å². The zero-order valence-corrected chi connectivity index (χ0v) is 22.7. The number of anilines is 1. The molecule has 11 heteroatoms. The first kappa shape index (κ1) is 28.8. The maximum Gasteiger partial charge on any atom is 0.514 e. The Hall–Kier alpha value is -5.19. The van der Waals surface area contributed by atoms with Crippen LogP contribution in [-0.4, -0.2) is 59.3 Å². The Kier molecular flexibility index (Phi) is 9.31. The smallest absolute Gasteiger partial charge is 0.429 e. The van der Waals surface area contributed by atoms with Crippen molar-refractivity contribution in [3.05, 3.63) is 95.6 Å². The minimum Gasteiger partial charge on any atom is -0.429 e. The molecule has 1 aliphatic heterocycles. The first-order valence-electron chi connectivity index (χ1n) is 13.0. The third kappa shape index (κ3) is 7.27. The molecule has 11 nitrogen and oxygen atoms in total. The molecule has 2 N–H and O–H groups in total. The predicted molar refractivity (Wildman–Crippen MR) is 149 cm³/mol. The highest BCUT2D eigenvalue weighted by Gasteiger charge is 2.37. The van der Waals surface area contributed by atoms with Crippen LogP contribution in [0.5, 0.6) is 5.75 Å². The van der Waals surface area contributed by atoms with Crippen molar-refractivity contribution in [2.45, 2.75) is 26.5 Å². The van der Waals surface area contributed by atoms with E-state index in [-0.39, 0.29) is 25.4 Å². The number of para-hydroxylation sites is 1. The van der Waals surface area contributed by atoms with Gasteiger partial charge >= 0.3 is 24.0 Å². The number of amides is 5. The summed E-state index contributed by atoms with van der Waals surface area (Å²) in [5, 5.41) is 5.37. The predicted octanol–water partition coefficient (Wildman–Crippen LogP) is 3.79. The van der Waals surface area contributed by atoms with Gasteiger partial charge in [-0.05, 0) is 48.7 Å². The van der Waals surface area contributed by atoms with E-state index in [0.29, 0.717) is 17.8 Å². The largest absolute Gasteiger partial charge is 0.514 e. The number of carbonyl (C=O) groups excluding carboxylic acids is 5. The molecule has 0 aliphatic carbocycles. The number of piperazine rings is 1. The van der Waals surface area contributed by atoms with Gasteiger partial charge in [0, 0.05) is 25.3 Å². The Morgan fingerprint density at radius 2 is 1.56 bits per heavy atom. The first-order valence-corrected chi connectivity index (χ1v) is 13.0. The van der Waals surface area contributed by atoms with Crippen LogP contribution in [0.25, 0.3) is 0 Å². The summed E-state index contributed by atoms with van der Waals surface area (Å²) >= 11 is 0. The second-order valence-corrected chi connectivity index (χ2v) is 9.22. The summed E-state index contributed by atoms with van der Waals surface area (Å²) in [6.45, 7) is 4.14. The number of aryl methyl sites for hydroxylation is 1. The molecule has 1 unspecified atom stereocenters. The molecule has 0 radical (unpaired) electrons. The maximum atomic E-state index is 13.4. The summed E-state index contributed by atoms with van der Waals surface area (Å²) in [5.74, 6) is -2.16. The lowest BCUT2D eigenvalue weighted by atomic mass is 10.1. The molecule has 3 aromatic rings. The second kappa shape index (κ2) is 13.2. The summed E-state index contributed by atoms with van der Waals surface area (Å²) < 4.78 is 10.4. The van der Waals surface area contributed by atoms with E-state index in [4.69, 9.17) is 9.47 Å². The fourth-order valence-electron chi connectivity index (χ4n) is 4.16. The number of likely N-dealkylation sites (N-methyl/N-ethyl adjacent to an activating group) is 1. The third-order valence-electron chi connectivity index (χ3n) is 6.48. The fraction of sp³-hybridized carbons (Fsp3) is 0.233. The Balaban J connectivity index is 1.49. The van der Waals surface area contributed by atoms with E-state index in [0.717, 1.165) is 16.0 Å². The van der Waals surface area contributed by atoms with Gasteiger partial charge in [0.05, 0.1) is 0 Å². The van der Waals surface area contributed by atoms with Gasteiger partial charge in [0.15, 0.2) is 0 Å². The summed E-state index contributed by atoms with van der Waals surface area (Å²) in [6.07, 6.45) is -0.904. The van der Waals surface area contributed by atoms with Crippen LogP contribution in [0.4, 0.5) is 15.3 Å². The molecular formula is C30H30N4O7. The fourth-order valence-corrected chi connectivity index (χ4v) is 4.16. The lowest BCUT2D eigenvalue weighted by Gasteiger charge is -2.32. The summed E-state index contributed by atoms with van der Waals surface area (Å²) in [4.78, 5) is 65.7. The first-order chi connectivity index (χ1) is 19.8. The van der Waals surface area contributed by atoms with Crippen LogP contribution < -0.4 is 15.4 Å². The van der Waals surface area contributed by atoms with Gasteiger partial charge in [-0.15, -0.1) is 0 Å². The van der Waals surface area contributed by atoms with Crippen LogP contribution in [0.1, 0.15) is 29.7 Å². The van der Waals surface area contributed by atoms with Crippen molar-refractivity contribution in [3.63, 3.8) is 0 Å². The Morgan fingerprint density at radius 3 is 2.24 bits per heavy atom. The molecule has 1 aliphatic rings. The van der Waals surface area contributed by atoms with Gasteiger partial charge in [-0.3, -0.25) is 19.3 Å². The Bertz CT molecular complexity index is 1430. The lowest BCUT2D eigenvalue weighted by molar-refractivity contribution is -0.153. The van der Waals surface area contributed by atoms with Gasteiger partial charge in [0.1, 0.15) is 18.4 Å². The number of carbonyl (C=O) groups is 5. The van der Waals surface area contributed by atoms with E-state index in [1.54, 1.807) is 19.1 Å². The molecule has 5 amide bonds. The van der Waals surface area contributed by atoms with E-state index < -0.39 is 35.9 Å². The second-order valence-electron chi connectivity index (χ2n) is 9.22. The standard InChI is InChI=1S/C30H30N4O7/c1-3-33-17-18-34(28(37)27(33)36)29(38)32-25(26(35)31-24-12-8-7-9-20(24)2)22-13-15-23(16-14-22)41-30(39)40-19-21-10-5-4-6-11-21/h4-16,25H,3,17-19H2,1-2H3,(H,31,35)(H,32,38). The summed E-state index contributed by atoms with van der Waals surface area (Å²) in [6, 6.07) is 20.0. The topological polar surface area (TPSA) is 134 Å². The van der Waals surface area contributed by atoms with Crippen LogP contribution in [-0.2, 0) is 25.7 Å². The number of benzene rings is 3. The quantitative estimate of drug-likeness (QED) is 0.244. The maximum absolute atomic E-state index is 13.4. The number of hydrogen-bond acceptors (Lipinski definition) is 7. The van der Waals surface area contributed by atoms with Crippen LogP contribution in [0.15, 0.2) is 78.9 Å². The van der Waals surface area contributed by atoms with Crippen molar-refractivity contribution in [1.29, 1.82) is 0 Å². The van der Waals surface area contributed by atoms with Crippen LogP contribution in [0.3, 0.4) is 0 Å². The van der Waals surface area contributed by atoms with Crippen molar-refractivity contribution >= 4 is 35.6 Å². The molecule has 212 valence electrons. The number of nitrogens with zero attached hydrogens (tertiary/aromatic N) is 2. The zero-order chi connectivity index (χ0) is 29.4. The van der Waals surface area contributed by atoms with Gasteiger partial charge in [-0.25, -0.2) is 9.59 Å². The van der Waals surface area contributed by atoms with Crippen LogP contribution in [0.2, 0.25) is 0 Å². The molecule has 1 saturated heterocycles. The number of imide groups is 1. The molecule has 0 saturated carbocycles. The molecular weight excluding hydrogens is 528 g/mol. The summed E-state index contributed by atoms with van der Waals surface area (Å²) in [7, 11) is 0. The molecule has 0 bridgehead atoms. The average Bonchev–Trinajstić information content (AvgIpc) is 2.98. The number of hydrogen-bond donors (Lipinski definition) is 2. The number of rotatable bonds is 8. The van der Waals surface area contributed by atoms with Gasteiger partial charge in [-0.2, -0.15) is 0 Å². The van der Waals surface area contributed by atoms with Gasteiger partial charge in [0.2, 0.25) is 0 Å². The molecule has 0 aromatic heterocycles. The van der Waals surface area contributed by atoms with Crippen molar-refractivity contribution in [1.82, 2.24) is 15.1 Å². The Morgan fingerprint density at radius 1 is 0.878 bits per heavy atom. The zero-order valence-electron chi connectivity index (χ0n) is 22.7. The van der Waals surface area contributed by atoms with Crippen LogP contribution >= 0.6 is 0 Å². The highest BCUT2D eigenvalue weighted by Crippen LogP contribution is 2.22. The highest BCUT2D eigenvalue weighted by atomic mass is 16.7. The van der Waals surface area contributed by atoms with Gasteiger partial charge in [0.25, 0.3) is 5.91 Å². The van der Waals surface area contributed by atoms with Crippen molar-refractivity contribution in [2.24, 2.45) is 0 Å². The summed E-state index contributed by atoms with van der Waals surface area (Å²) in [5.41, 5.74) is 2.50. The SMILES string of the molecule is CCN1CCN(C(=O)NC(C(=O)Nc2ccccc2C)c2ccc(OC(=O)OCc3ccccc3)cc2)C(=O)C1=O. The normalized spacial score (nSPS) is 13.8.